The second kappa shape index (κ2) is 4.42. The SMILES string of the molecule is CNCc1ccncc1N1CCCC1. The maximum atomic E-state index is 4.20. The molecule has 1 aromatic heterocycles. The van der Waals surface area contributed by atoms with E-state index >= 15 is 0 Å². The predicted molar refractivity (Wildman–Crippen MR) is 58.4 cm³/mol. The van der Waals surface area contributed by atoms with E-state index in [4.69, 9.17) is 0 Å². The molecule has 1 N–H and O–H groups in total. The van der Waals surface area contributed by atoms with E-state index in [1.54, 1.807) is 0 Å². The number of hydrogen-bond donors (Lipinski definition) is 1. The lowest BCUT2D eigenvalue weighted by Crippen LogP contribution is -2.20. The van der Waals surface area contributed by atoms with Crippen molar-refractivity contribution in [1.29, 1.82) is 0 Å². The molecule has 0 bridgehead atoms. The summed E-state index contributed by atoms with van der Waals surface area (Å²) in [5, 5.41) is 3.19. The normalized spacial score (nSPS) is 16.2. The van der Waals surface area contributed by atoms with Gasteiger partial charge in [-0.3, -0.25) is 4.98 Å². The van der Waals surface area contributed by atoms with E-state index in [0.717, 1.165) is 6.54 Å². The van der Waals surface area contributed by atoms with Gasteiger partial charge in [0.15, 0.2) is 0 Å². The summed E-state index contributed by atoms with van der Waals surface area (Å²) in [6.45, 7) is 3.29. The molecule has 1 fully saturated rings. The zero-order valence-corrected chi connectivity index (χ0v) is 8.66. The average molecular weight is 191 g/mol. The Morgan fingerprint density at radius 2 is 2.21 bits per heavy atom. The van der Waals surface area contributed by atoms with Gasteiger partial charge in [0.05, 0.1) is 11.9 Å². The minimum Gasteiger partial charge on any atom is -0.370 e. The highest BCUT2D eigenvalue weighted by Gasteiger charge is 2.14. The summed E-state index contributed by atoms with van der Waals surface area (Å²) in [4.78, 5) is 6.63. The number of nitrogens with one attached hydrogen (secondary N) is 1. The fourth-order valence-electron chi connectivity index (χ4n) is 2.00. The van der Waals surface area contributed by atoms with Gasteiger partial charge in [-0.15, -0.1) is 0 Å². The van der Waals surface area contributed by atoms with Gasteiger partial charge in [-0.2, -0.15) is 0 Å². The van der Waals surface area contributed by atoms with Crippen molar-refractivity contribution in [3.63, 3.8) is 0 Å². The van der Waals surface area contributed by atoms with Crippen LogP contribution < -0.4 is 10.2 Å². The van der Waals surface area contributed by atoms with E-state index in [-0.39, 0.29) is 0 Å². The van der Waals surface area contributed by atoms with Gasteiger partial charge in [-0.1, -0.05) is 0 Å². The highest BCUT2D eigenvalue weighted by molar-refractivity contribution is 5.52. The molecule has 3 heteroatoms. The van der Waals surface area contributed by atoms with Gasteiger partial charge in [0, 0.05) is 25.8 Å². The van der Waals surface area contributed by atoms with Gasteiger partial charge in [0.2, 0.25) is 0 Å². The van der Waals surface area contributed by atoms with Crippen LogP contribution in [0, 0.1) is 0 Å². The van der Waals surface area contributed by atoms with Gasteiger partial charge in [-0.05, 0) is 31.5 Å². The zero-order chi connectivity index (χ0) is 9.80. The molecule has 3 nitrogen and oxygen atoms in total. The molecule has 0 radical (unpaired) electrons. The summed E-state index contributed by atoms with van der Waals surface area (Å²) < 4.78 is 0. The Morgan fingerprint density at radius 3 is 2.93 bits per heavy atom. The fraction of sp³-hybridized carbons (Fsp3) is 0.545. The standard InChI is InChI=1S/C11H17N3/c1-12-8-10-4-5-13-9-11(10)14-6-2-3-7-14/h4-5,9,12H,2-3,6-8H2,1H3. The molecule has 0 atom stereocenters. The van der Waals surface area contributed by atoms with Crippen LogP contribution in [0.1, 0.15) is 18.4 Å². The lowest BCUT2D eigenvalue weighted by atomic mass is 10.2. The van der Waals surface area contributed by atoms with Crippen LogP contribution in [0.4, 0.5) is 5.69 Å². The molecule has 1 aromatic rings. The number of aromatic nitrogens is 1. The zero-order valence-electron chi connectivity index (χ0n) is 8.66. The summed E-state index contributed by atoms with van der Waals surface area (Å²) in [5.74, 6) is 0. The van der Waals surface area contributed by atoms with Gasteiger partial charge >= 0.3 is 0 Å². The summed E-state index contributed by atoms with van der Waals surface area (Å²) in [7, 11) is 1.98. The predicted octanol–water partition coefficient (Wildman–Crippen LogP) is 1.40. The molecule has 0 saturated carbocycles. The van der Waals surface area contributed by atoms with Crippen LogP contribution in [0.25, 0.3) is 0 Å². The third-order valence-electron chi connectivity index (χ3n) is 2.70. The number of pyridine rings is 1. The minimum absolute atomic E-state index is 0.925. The van der Waals surface area contributed by atoms with E-state index < -0.39 is 0 Å². The van der Waals surface area contributed by atoms with Gasteiger partial charge in [0.25, 0.3) is 0 Å². The smallest absolute Gasteiger partial charge is 0.0598 e. The molecule has 0 unspecified atom stereocenters. The molecule has 0 aliphatic carbocycles. The first kappa shape index (κ1) is 9.46. The van der Waals surface area contributed by atoms with Crippen molar-refractivity contribution in [3.05, 3.63) is 24.0 Å². The Labute approximate surface area is 85.1 Å². The van der Waals surface area contributed by atoms with E-state index in [1.165, 1.54) is 37.2 Å². The number of hydrogen-bond acceptors (Lipinski definition) is 3. The molecule has 2 heterocycles. The van der Waals surface area contributed by atoms with Crippen LogP contribution in [0.15, 0.2) is 18.5 Å². The number of nitrogens with zero attached hydrogens (tertiary/aromatic N) is 2. The van der Waals surface area contributed by atoms with E-state index in [1.807, 2.05) is 19.4 Å². The van der Waals surface area contributed by atoms with E-state index in [9.17, 15) is 0 Å². The van der Waals surface area contributed by atoms with Gasteiger partial charge in [0.1, 0.15) is 0 Å². The molecule has 0 spiro atoms. The largest absolute Gasteiger partial charge is 0.370 e. The van der Waals surface area contributed by atoms with Crippen LogP contribution in [0.3, 0.4) is 0 Å². The number of anilines is 1. The fourth-order valence-corrected chi connectivity index (χ4v) is 2.00. The van der Waals surface area contributed by atoms with E-state index in [0.29, 0.717) is 0 Å². The maximum absolute atomic E-state index is 4.20. The quantitative estimate of drug-likeness (QED) is 0.782. The summed E-state index contributed by atoms with van der Waals surface area (Å²) in [6, 6.07) is 2.10. The summed E-state index contributed by atoms with van der Waals surface area (Å²) in [5.41, 5.74) is 2.66. The van der Waals surface area contributed by atoms with Crippen molar-refractivity contribution in [2.75, 3.05) is 25.0 Å². The van der Waals surface area contributed by atoms with Crippen molar-refractivity contribution < 1.29 is 0 Å². The highest BCUT2D eigenvalue weighted by atomic mass is 15.2. The summed E-state index contributed by atoms with van der Waals surface area (Å²) >= 11 is 0. The first-order valence-corrected chi connectivity index (χ1v) is 5.24. The molecular formula is C11H17N3. The monoisotopic (exact) mass is 191 g/mol. The first-order valence-electron chi connectivity index (χ1n) is 5.24. The Kier molecular flexibility index (Phi) is 2.99. The molecule has 0 aromatic carbocycles. The minimum atomic E-state index is 0.925. The van der Waals surface area contributed by atoms with Crippen LogP contribution in [0.2, 0.25) is 0 Å². The highest BCUT2D eigenvalue weighted by Crippen LogP contribution is 2.23. The second-order valence-electron chi connectivity index (χ2n) is 3.73. The van der Waals surface area contributed by atoms with Crippen molar-refractivity contribution in [1.82, 2.24) is 10.3 Å². The van der Waals surface area contributed by atoms with Crippen LogP contribution >= 0.6 is 0 Å². The molecule has 76 valence electrons. The second-order valence-corrected chi connectivity index (χ2v) is 3.73. The molecule has 14 heavy (non-hydrogen) atoms. The van der Waals surface area contributed by atoms with Crippen LogP contribution in [-0.4, -0.2) is 25.1 Å². The lowest BCUT2D eigenvalue weighted by Gasteiger charge is -2.20. The third kappa shape index (κ3) is 1.87. The number of rotatable bonds is 3. The van der Waals surface area contributed by atoms with Crippen molar-refractivity contribution in [2.45, 2.75) is 19.4 Å². The Morgan fingerprint density at radius 1 is 1.43 bits per heavy atom. The maximum Gasteiger partial charge on any atom is 0.0598 e. The third-order valence-corrected chi connectivity index (χ3v) is 2.70. The molecule has 1 aliphatic heterocycles. The molecular weight excluding hydrogens is 174 g/mol. The van der Waals surface area contributed by atoms with Crippen LogP contribution in [-0.2, 0) is 6.54 Å². The van der Waals surface area contributed by atoms with Crippen molar-refractivity contribution >= 4 is 5.69 Å². The molecule has 0 amide bonds. The van der Waals surface area contributed by atoms with Crippen LogP contribution in [0.5, 0.6) is 0 Å². The molecule has 2 rings (SSSR count). The topological polar surface area (TPSA) is 28.2 Å². The molecule has 1 saturated heterocycles. The Bertz CT molecular complexity index is 292. The molecule has 1 aliphatic rings. The Hall–Kier alpha value is -1.09. The summed E-state index contributed by atoms with van der Waals surface area (Å²) in [6.07, 6.45) is 6.48. The van der Waals surface area contributed by atoms with E-state index in [2.05, 4.69) is 21.3 Å². The average Bonchev–Trinajstić information content (AvgIpc) is 2.72. The first-order chi connectivity index (χ1) is 6.92. The van der Waals surface area contributed by atoms with Crippen molar-refractivity contribution in [3.8, 4) is 0 Å². The van der Waals surface area contributed by atoms with Crippen molar-refractivity contribution in [2.24, 2.45) is 0 Å². The van der Waals surface area contributed by atoms with Gasteiger partial charge in [-0.25, -0.2) is 0 Å². The lowest BCUT2D eigenvalue weighted by molar-refractivity contribution is 0.806. The Balaban J connectivity index is 2.21. The van der Waals surface area contributed by atoms with Gasteiger partial charge < -0.3 is 10.2 Å².